The molecule has 1 unspecified atom stereocenters. The van der Waals surface area contributed by atoms with Crippen LogP contribution in [-0.2, 0) is 6.54 Å². The number of aryl methyl sites for hydroxylation is 1. The van der Waals surface area contributed by atoms with Gasteiger partial charge < -0.3 is 5.32 Å². The molecule has 1 saturated heterocycles. The average molecular weight is 253 g/mol. The van der Waals surface area contributed by atoms with Crippen LogP contribution in [0.3, 0.4) is 0 Å². The molecule has 17 heavy (non-hydrogen) atoms. The summed E-state index contributed by atoms with van der Waals surface area (Å²) in [6.45, 7) is 9.92. The van der Waals surface area contributed by atoms with Gasteiger partial charge in [0.15, 0.2) is 0 Å². The zero-order valence-electron chi connectivity index (χ0n) is 11.1. The van der Waals surface area contributed by atoms with E-state index in [1.165, 1.54) is 24.4 Å². The van der Waals surface area contributed by atoms with Gasteiger partial charge in [-0.2, -0.15) is 0 Å². The Hall–Kier alpha value is -0.450. The number of likely N-dealkylation sites (tertiary alicyclic amines) is 1. The minimum absolute atomic E-state index is 0.585. The molecule has 1 atom stereocenters. The molecule has 0 saturated carbocycles. The lowest BCUT2D eigenvalue weighted by molar-refractivity contribution is 0.178. The van der Waals surface area contributed by atoms with E-state index in [0.29, 0.717) is 12.1 Å². The summed E-state index contributed by atoms with van der Waals surface area (Å²) in [5, 5.41) is 7.04. The molecule has 1 aliphatic heterocycles. The molecule has 0 radical (unpaired) electrons. The maximum atomic E-state index is 4.55. The van der Waals surface area contributed by atoms with E-state index in [1.807, 2.05) is 0 Å². The molecule has 0 amide bonds. The first-order valence-electron chi connectivity index (χ1n) is 6.53. The molecule has 1 fully saturated rings. The predicted octanol–water partition coefficient (Wildman–Crippen LogP) is 2.41. The summed E-state index contributed by atoms with van der Waals surface area (Å²) in [6, 6.07) is 1.24. The van der Waals surface area contributed by atoms with Gasteiger partial charge in [0, 0.05) is 29.7 Å². The first-order valence-corrected chi connectivity index (χ1v) is 7.41. The first kappa shape index (κ1) is 13.0. The zero-order valence-corrected chi connectivity index (χ0v) is 11.9. The lowest BCUT2D eigenvalue weighted by atomic mass is 10.1. The summed E-state index contributed by atoms with van der Waals surface area (Å²) in [6.07, 6.45) is 2.61. The van der Waals surface area contributed by atoms with Crippen LogP contribution in [0.5, 0.6) is 0 Å². The largest absolute Gasteiger partial charge is 0.311 e. The van der Waals surface area contributed by atoms with Gasteiger partial charge in [0.05, 0.1) is 6.54 Å². The number of aromatic nitrogens is 1. The molecule has 2 rings (SSSR count). The van der Waals surface area contributed by atoms with Crippen molar-refractivity contribution in [3.05, 3.63) is 16.1 Å². The van der Waals surface area contributed by atoms with E-state index in [9.17, 15) is 0 Å². The fourth-order valence-electron chi connectivity index (χ4n) is 2.47. The van der Waals surface area contributed by atoms with E-state index in [0.717, 1.165) is 18.8 Å². The van der Waals surface area contributed by atoms with Crippen molar-refractivity contribution in [2.24, 2.45) is 0 Å². The Morgan fingerprint density at radius 3 is 3.06 bits per heavy atom. The Labute approximate surface area is 108 Å². The Kier molecular flexibility index (Phi) is 4.54. The number of nitrogens with zero attached hydrogens (tertiary/aromatic N) is 2. The van der Waals surface area contributed by atoms with E-state index in [4.69, 9.17) is 0 Å². The Morgan fingerprint density at radius 1 is 1.59 bits per heavy atom. The number of piperidine rings is 1. The molecular weight excluding hydrogens is 230 g/mol. The van der Waals surface area contributed by atoms with Crippen molar-refractivity contribution >= 4 is 11.3 Å². The highest BCUT2D eigenvalue weighted by Gasteiger charge is 2.20. The maximum Gasteiger partial charge on any atom is 0.107 e. The van der Waals surface area contributed by atoms with Crippen molar-refractivity contribution in [3.63, 3.8) is 0 Å². The van der Waals surface area contributed by atoms with E-state index in [-0.39, 0.29) is 0 Å². The number of rotatable bonds is 4. The molecule has 0 aliphatic carbocycles. The second kappa shape index (κ2) is 5.94. The van der Waals surface area contributed by atoms with Crippen LogP contribution in [0.4, 0.5) is 0 Å². The van der Waals surface area contributed by atoms with Gasteiger partial charge in [-0.3, -0.25) is 4.90 Å². The van der Waals surface area contributed by atoms with Gasteiger partial charge in [-0.15, -0.1) is 11.3 Å². The predicted molar refractivity (Wildman–Crippen MR) is 73.4 cm³/mol. The third-order valence-electron chi connectivity index (χ3n) is 3.10. The molecule has 0 spiro atoms. The highest BCUT2D eigenvalue weighted by Crippen LogP contribution is 2.16. The summed E-state index contributed by atoms with van der Waals surface area (Å²) < 4.78 is 0. The van der Waals surface area contributed by atoms with Crippen LogP contribution in [0.2, 0.25) is 0 Å². The molecule has 96 valence electrons. The molecule has 0 aromatic carbocycles. The van der Waals surface area contributed by atoms with Crippen LogP contribution in [0.15, 0.2) is 5.38 Å². The fourth-order valence-corrected chi connectivity index (χ4v) is 3.29. The van der Waals surface area contributed by atoms with Crippen molar-refractivity contribution < 1.29 is 0 Å². The summed E-state index contributed by atoms with van der Waals surface area (Å²) in [4.78, 5) is 7.08. The summed E-state index contributed by atoms with van der Waals surface area (Å²) in [5.74, 6) is 0. The lowest BCUT2D eigenvalue weighted by Crippen LogP contribution is -2.47. The number of thiazole rings is 1. The minimum Gasteiger partial charge on any atom is -0.311 e. The van der Waals surface area contributed by atoms with Crippen molar-refractivity contribution in [1.82, 2.24) is 15.2 Å². The van der Waals surface area contributed by atoms with Crippen LogP contribution in [0, 0.1) is 6.92 Å². The standard InChI is InChI=1S/C13H23N3S/c1-10(2)14-12-5-4-6-16(7-12)8-13-15-11(3)9-17-13/h9-10,12,14H,4-8H2,1-3H3. The Bertz CT molecular complexity index is 348. The third-order valence-corrected chi connectivity index (χ3v) is 4.05. The number of hydrogen-bond acceptors (Lipinski definition) is 4. The molecule has 1 aliphatic rings. The monoisotopic (exact) mass is 253 g/mol. The number of hydrogen-bond donors (Lipinski definition) is 1. The summed E-state index contributed by atoms with van der Waals surface area (Å²) in [5.41, 5.74) is 1.15. The first-order chi connectivity index (χ1) is 8.13. The minimum atomic E-state index is 0.585. The normalized spacial score (nSPS) is 22.2. The van der Waals surface area contributed by atoms with Crippen molar-refractivity contribution in [2.45, 2.75) is 52.2 Å². The second-order valence-electron chi connectivity index (χ2n) is 5.28. The number of nitrogens with one attached hydrogen (secondary N) is 1. The van der Waals surface area contributed by atoms with Gasteiger partial charge in [0.2, 0.25) is 0 Å². The molecule has 1 N–H and O–H groups in total. The van der Waals surface area contributed by atoms with Crippen LogP contribution in [0.25, 0.3) is 0 Å². The lowest BCUT2D eigenvalue weighted by Gasteiger charge is -2.33. The molecule has 1 aromatic heterocycles. The Morgan fingerprint density at radius 2 is 2.41 bits per heavy atom. The quantitative estimate of drug-likeness (QED) is 0.893. The van der Waals surface area contributed by atoms with Gasteiger partial charge in [-0.1, -0.05) is 13.8 Å². The van der Waals surface area contributed by atoms with E-state index in [2.05, 4.69) is 41.4 Å². The van der Waals surface area contributed by atoms with Crippen molar-refractivity contribution in [3.8, 4) is 0 Å². The van der Waals surface area contributed by atoms with Crippen molar-refractivity contribution in [1.29, 1.82) is 0 Å². The van der Waals surface area contributed by atoms with Gasteiger partial charge in [-0.05, 0) is 26.3 Å². The van der Waals surface area contributed by atoms with Crippen LogP contribution in [0.1, 0.15) is 37.4 Å². The zero-order chi connectivity index (χ0) is 12.3. The SMILES string of the molecule is Cc1csc(CN2CCCC(NC(C)C)C2)n1. The van der Waals surface area contributed by atoms with Crippen LogP contribution in [-0.4, -0.2) is 35.1 Å². The van der Waals surface area contributed by atoms with Crippen LogP contribution < -0.4 is 5.32 Å². The molecule has 4 heteroatoms. The topological polar surface area (TPSA) is 28.2 Å². The smallest absolute Gasteiger partial charge is 0.107 e. The molecule has 0 bridgehead atoms. The van der Waals surface area contributed by atoms with Gasteiger partial charge in [0.25, 0.3) is 0 Å². The van der Waals surface area contributed by atoms with Gasteiger partial charge in [-0.25, -0.2) is 4.98 Å². The Balaban J connectivity index is 1.85. The molecule has 2 heterocycles. The molecular formula is C13H23N3S. The van der Waals surface area contributed by atoms with Crippen molar-refractivity contribution in [2.75, 3.05) is 13.1 Å². The van der Waals surface area contributed by atoms with Gasteiger partial charge in [0.1, 0.15) is 5.01 Å². The highest BCUT2D eigenvalue weighted by molar-refractivity contribution is 7.09. The van der Waals surface area contributed by atoms with Gasteiger partial charge >= 0.3 is 0 Å². The summed E-state index contributed by atoms with van der Waals surface area (Å²) >= 11 is 1.79. The van der Waals surface area contributed by atoms with E-state index in [1.54, 1.807) is 11.3 Å². The highest BCUT2D eigenvalue weighted by atomic mass is 32.1. The fraction of sp³-hybridized carbons (Fsp3) is 0.769. The third kappa shape index (κ3) is 4.05. The average Bonchev–Trinajstić information content (AvgIpc) is 2.63. The molecule has 3 nitrogen and oxygen atoms in total. The molecule has 1 aromatic rings. The van der Waals surface area contributed by atoms with E-state index < -0.39 is 0 Å². The van der Waals surface area contributed by atoms with E-state index >= 15 is 0 Å². The van der Waals surface area contributed by atoms with Crippen LogP contribution >= 0.6 is 11.3 Å². The summed E-state index contributed by atoms with van der Waals surface area (Å²) in [7, 11) is 0. The maximum absolute atomic E-state index is 4.55. The second-order valence-corrected chi connectivity index (χ2v) is 6.22.